The van der Waals surface area contributed by atoms with Crippen LogP contribution in [-0.4, -0.2) is 14.8 Å². The number of nitrogens with zero attached hydrogens (tertiary/aromatic N) is 3. The summed E-state index contributed by atoms with van der Waals surface area (Å²) >= 11 is 0. The maximum absolute atomic E-state index is 11.6. The summed E-state index contributed by atoms with van der Waals surface area (Å²) in [6.45, 7) is 11.5. The largest absolute Gasteiger partial charge is 0.444 e. The highest BCUT2D eigenvalue weighted by molar-refractivity contribution is 5.67. The molecule has 0 aromatic heterocycles. The zero-order valence-electron chi connectivity index (χ0n) is 17.6. The van der Waals surface area contributed by atoms with Gasteiger partial charge in [0.05, 0.1) is 26.9 Å². The van der Waals surface area contributed by atoms with Gasteiger partial charge in [-0.3, -0.25) is 30.3 Å². The van der Waals surface area contributed by atoms with E-state index in [1.165, 1.54) is 0 Å². The Kier molecular flexibility index (Phi) is 5.83. The molecule has 0 atom stereocenters. The van der Waals surface area contributed by atoms with Crippen molar-refractivity contribution < 1.29 is 19.5 Å². The molecule has 0 amide bonds. The number of hydrogen-bond donors (Lipinski definition) is 0. The molecule has 0 aliphatic carbocycles. The summed E-state index contributed by atoms with van der Waals surface area (Å²) in [4.78, 5) is 31.5. The third kappa shape index (κ3) is 4.53. The van der Waals surface area contributed by atoms with Crippen LogP contribution < -0.4 is 4.74 Å². The predicted molar refractivity (Wildman–Crippen MR) is 110 cm³/mol. The van der Waals surface area contributed by atoms with Crippen molar-refractivity contribution in [2.75, 3.05) is 0 Å². The van der Waals surface area contributed by atoms with Crippen molar-refractivity contribution in [3.05, 3.63) is 71.8 Å². The normalized spacial score (nSPS) is 11.8. The van der Waals surface area contributed by atoms with E-state index in [1.54, 1.807) is 12.1 Å². The molecule has 0 saturated heterocycles. The fraction of sp³-hybridized carbons (Fsp3) is 0.400. The Morgan fingerprint density at radius 2 is 1.10 bits per heavy atom. The molecule has 2 aromatic carbocycles. The Bertz CT molecular complexity index is 966. The first-order valence-electron chi connectivity index (χ1n) is 9.07. The van der Waals surface area contributed by atoms with Gasteiger partial charge in [-0.05, 0) is 10.8 Å². The van der Waals surface area contributed by atoms with Crippen molar-refractivity contribution in [2.24, 2.45) is 0 Å². The number of ether oxygens (including phenoxy) is 1. The van der Waals surface area contributed by atoms with E-state index in [0.717, 1.165) is 0 Å². The SMILES string of the molecule is CC(C)(C)c1cccc(C(C)(C)C)c1Oc1c([N+](=O)[O-])cc([N+](=O)[O-])cc1[N+](=O)[O-]. The number of hydrogen-bond acceptors (Lipinski definition) is 7. The Morgan fingerprint density at radius 3 is 1.40 bits per heavy atom. The van der Waals surface area contributed by atoms with Gasteiger partial charge in [-0.2, -0.15) is 0 Å². The predicted octanol–water partition coefficient (Wildman–Crippen LogP) is 5.80. The summed E-state index contributed by atoms with van der Waals surface area (Å²) in [5.41, 5.74) is -1.96. The molecule has 0 unspecified atom stereocenters. The minimum atomic E-state index is -0.925. The molecule has 0 radical (unpaired) electrons. The van der Waals surface area contributed by atoms with Gasteiger partial charge in [0.1, 0.15) is 5.75 Å². The Morgan fingerprint density at radius 1 is 0.700 bits per heavy atom. The first kappa shape index (κ1) is 22.7. The first-order chi connectivity index (χ1) is 13.6. The molecule has 30 heavy (non-hydrogen) atoms. The summed E-state index contributed by atoms with van der Waals surface area (Å²) in [6, 6.07) is 6.73. The summed E-state index contributed by atoms with van der Waals surface area (Å²) in [5, 5.41) is 34.3. The Balaban J connectivity index is 2.90. The maximum atomic E-state index is 11.6. The van der Waals surface area contributed by atoms with Crippen LogP contribution in [0.2, 0.25) is 0 Å². The molecule has 0 heterocycles. The summed E-state index contributed by atoms with van der Waals surface area (Å²) in [6.07, 6.45) is 0. The second-order valence-electron chi connectivity index (χ2n) is 8.87. The van der Waals surface area contributed by atoms with Crippen LogP contribution in [0.5, 0.6) is 11.5 Å². The zero-order valence-corrected chi connectivity index (χ0v) is 17.6. The van der Waals surface area contributed by atoms with E-state index in [4.69, 9.17) is 4.74 Å². The van der Waals surface area contributed by atoms with Crippen LogP contribution in [0.3, 0.4) is 0 Å². The average molecular weight is 417 g/mol. The van der Waals surface area contributed by atoms with Gasteiger partial charge in [-0.1, -0.05) is 59.7 Å². The van der Waals surface area contributed by atoms with E-state index in [1.807, 2.05) is 47.6 Å². The number of rotatable bonds is 5. The van der Waals surface area contributed by atoms with Crippen LogP contribution in [0, 0.1) is 30.3 Å². The van der Waals surface area contributed by atoms with Crippen LogP contribution in [0.25, 0.3) is 0 Å². The van der Waals surface area contributed by atoms with E-state index < -0.39 is 48.4 Å². The monoisotopic (exact) mass is 417 g/mol. The van der Waals surface area contributed by atoms with Crippen molar-refractivity contribution in [3.63, 3.8) is 0 Å². The lowest BCUT2D eigenvalue weighted by Crippen LogP contribution is -2.19. The summed E-state index contributed by atoms with van der Waals surface area (Å²) in [7, 11) is 0. The van der Waals surface area contributed by atoms with Gasteiger partial charge in [0, 0.05) is 11.1 Å². The average Bonchev–Trinajstić information content (AvgIpc) is 2.59. The molecule has 10 nitrogen and oxygen atoms in total. The van der Waals surface area contributed by atoms with Crippen LogP contribution in [0.1, 0.15) is 52.7 Å². The Labute approximate surface area is 172 Å². The lowest BCUT2D eigenvalue weighted by Gasteiger charge is -2.29. The van der Waals surface area contributed by atoms with E-state index in [9.17, 15) is 30.3 Å². The first-order valence-corrected chi connectivity index (χ1v) is 9.07. The van der Waals surface area contributed by atoms with Crippen molar-refractivity contribution in [3.8, 4) is 11.5 Å². The summed E-state index contributed by atoms with van der Waals surface area (Å²) in [5.74, 6) is -0.379. The number of nitro benzene ring substituents is 3. The number of benzene rings is 2. The highest BCUT2D eigenvalue weighted by atomic mass is 16.6. The van der Waals surface area contributed by atoms with E-state index >= 15 is 0 Å². The van der Waals surface area contributed by atoms with Gasteiger partial charge in [-0.25, -0.2) is 0 Å². The molecule has 0 aliphatic rings. The maximum Gasteiger partial charge on any atom is 0.325 e. The van der Waals surface area contributed by atoms with E-state index in [-0.39, 0.29) is 5.75 Å². The van der Waals surface area contributed by atoms with Crippen molar-refractivity contribution >= 4 is 17.1 Å². The van der Waals surface area contributed by atoms with Crippen molar-refractivity contribution in [2.45, 2.75) is 52.4 Å². The number of non-ortho nitro benzene ring substituents is 1. The molecule has 0 spiro atoms. The van der Waals surface area contributed by atoms with Gasteiger partial charge in [0.2, 0.25) is 0 Å². The van der Waals surface area contributed by atoms with Crippen LogP contribution in [0.15, 0.2) is 30.3 Å². The lowest BCUT2D eigenvalue weighted by atomic mass is 9.79. The molecule has 0 bridgehead atoms. The fourth-order valence-corrected chi connectivity index (χ4v) is 3.00. The standard InChI is InChI=1S/C20H23N3O7/c1-19(2,3)13-8-7-9-14(20(4,5)6)17(13)30-18-15(22(26)27)10-12(21(24)25)11-16(18)23(28)29/h7-11H,1-6H3. The van der Waals surface area contributed by atoms with Gasteiger partial charge in [0.15, 0.2) is 0 Å². The minimum absolute atomic E-state index is 0.262. The van der Waals surface area contributed by atoms with Crippen LogP contribution in [0.4, 0.5) is 17.1 Å². The Hall–Kier alpha value is -3.56. The molecular weight excluding hydrogens is 394 g/mol. The van der Waals surface area contributed by atoms with Crippen molar-refractivity contribution in [1.82, 2.24) is 0 Å². The molecule has 2 rings (SSSR count). The molecule has 0 saturated carbocycles. The molecule has 0 fully saturated rings. The molecular formula is C20H23N3O7. The van der Waals surface area contributed by atoms with Crippen LogP contribution >= 0.6 is 0 Å². The summed E-state index contributed by atoms with van der Waals surface area (Å²) < 4.78 is 5.91. The van der Waals surface area contributed by atoms with E-state index in [0.29, 0.717) is 23.3 Å². The second-order valence-corrected chi connectivity index (χ2v) is 8.87. The minimum Gasteiger partial charge on any atom is -0.444 e. The highest BCUT2D eigenvalue weighted by Crippen LogP contribution is 2.47. The van der Waals surface area contributed by atoms with Crippen molar-refractivity contribution in [1.29, 1.82) is 0 Å². The molecule has 160 valence electrons. The van der Waals surface area contributed by atoms with Crippen LogP contribution in [-0.2, 0) is 10.8 Å². The fourth-order valence-electron chi connectivity index (χ4n) is 3.00. The molecule has 10 heteroatoms. The van der Waals surface area contributed by atoms with Gasteiger partial charge < -0.3 is 4.74 Å². The number of nitro groups is 3. The molecule has 0 aliphatic heterocycles. The second kappa shape index (κ2) is 7.69. The number of para-hydroxylation sites is 1. The quantitative estimate of drug-likeness (QED) is 0.442. The van der Waals surface area contributed by atoms with Gasteiger partial charge in [0.25, 0.3) is 11.4 Å². The van der Waals surface area contributed by atoms with Gasteiger partial charge >= 0.3 is 11.4 Å². The third-order valence-corrected chi connectivity index (χ3v) is 4.47. The zero-order chi connectivity index (χ0) is 23.0. The highest BCUT2D eigenvalue weighted by Gasteiger charge is 2.35. The molecule has 0 N–H and O–H groups in total. The third-order valence-electron chi connectivity index (χ3n) is 4.47. The van der Waals surface area contributed by atoms with Gasteiger partial charge in [-0.15, -0.1) is 0 Å². The smallest absolute Gasteiger partial charge is 0.325 e. The van der Waals surface area contributed by atoms with E-state index in [2.05, 4.69) is 0 Å². The lowest BCUT2D eigenvalue weighted by molar-refractivity contribution is -0.404. The topological polar surface area (TPSA) is 139 Å². The molecule has 2 aromatic rings.